The highest BCUT2D eigenvalue weighted by atomic mass is 16.6. The highest BCUT2D eigenvalue weighted by molar-refractivity contribution is 6.01. The molecule has 29 heavy (non-hydrogen) atoms. The van der Waals surface area contributed by atoms with Crippen LogP contribution in [0.1, 0.15) is 15.9 Å². The first-order chi connectivity index (χ1) is 14.1. The molecule has 0 atom stereocenters. The number of nitriles is 1. The quantitative estimate of drug-likeness (QED) is 0.332. The second-order valence-corrected chi connectivity index (χ2v) is 6.12. The highest BCUT2D eigenvalue weighted by Crippen LogP contribution is 2.29. The summed E-state index contributed by atoms with van der Waals surface area (Å²) in [5.41, 5.74) is 0.886. The number of ether oxygens (including phenoxy) is 3. The molecular weight excluding hydrogens is 374 g/mol. The number of pyridine rings is 1. The fourth-order valence-electron chi connectivity index (χ4n) is 2.75. The second-order valence-electron chi connectivity index (χ2n) is 6.12. The van der Waals surface area contributed by atoms with Crippen LogP contribution in [0.2, 0.25) is 0 Å². The summed E-state index contributed by atoms with van der Waals surface area (Å²) in [4.78, 5) is 30.2. The van der Waals surface area contributed by atoms with E-state index in [4.69, 9.17) is 14.2 Å². The van der Waals surface area contributed by atoms with Gasteiger partial charge in [-0.15, -0.1) is 0 Å². The number of esters is 1. The maximum atomic E-state index is 12.5. The first kappa shape index (κ1) is 20.0. The predicted molar refractivity (Wildman–Crippen MR) is 103 cm³/mol. The Morgan fingerprint density at radius 1 is 1.24 bits per heavy atom. The maximum absolute atomic E-state index is 12.5. The fourth-order valence-corrected chi connectivity index (χ4v) is 2.75. The van der Waals surface area contributed by atoms with E-state index >= 15 is 0 Å². The minimum absolute atomic E-state index is 0.00839. The van der Waals surface area contributed by atoms with Crippen molar-refractivity contribution in [2.24, 2.45) is 0 Å². The monoisotopic (exact) mass is 393 g/mol. The van der Waals surface area contributed by atoms with Gasteiger partial charge in [0.05, 0.1) is 25.9 Å². The zero-order valence-electron chi connectivity index (χ0n) is 15.8. The Kier molecular flexibility index (Phi) is 6.55. The molecule has 2 heterocycles. The summed E-state index contributed by atoms with van der Waals surface area (Å²) in [6.45, 7) is 1.80. The number of nitrogens with zero attached hydrogens (tertiary/aromatic N) is 3. The van der Waals surface area contributed by atoms with Crippen LogP contribution in [0.25, 0.3) is 6.08 Å². The van der Waals surface area contributed by atoms with Gasteiger partial charge in [-0.25, -0.2) is 4.79 Å². The average Bonchev–Trinajstić information content (AvgIpc) is 2.78. The van der Waals surface area contributed by atoms with Crippen LogP contribution in [-0.2, 0) is 9.53 Å². The smallest absolute Gasteiger partial charge is 0.345 e. The third kappa shape index (κ3) is 4.97. The molecule has 0 aliphatic carbocycles. The number of hydrogen-bond acceptors (Lipinski definition) is 7. The van der Waals surface area contributed by atoms with Gasteiger partial charge in [-0.05, 0) is 35.9 Å². The Balaban J connectivity index is 1.80. The molecule has 0 saturated carbocycles. The second kappa shape index (κ2) is 9.48. The average molecular weight is 393 g/mol. The largest absolute Gasteiger partial charge is 0.493 e. The van der Waals surface area contributed by atoms with Crippen molar-refractivity contribution in [1.82, 2.24) is 9.88 Å². The predicted octanol–water partition coefficient (Wildman–Crippen LogP) is 2.08. The molecule has 1 aromatic heterocycles. The summed E-state index contributed by atoms with van der Waals surface area (Å²) in [6, 6.07) is 9.96. The number of hydrogen-bond donors (Lipinski definition) is 0. The molecule has 0 bridgehead atoms. The van der Waals surface area contributed by atoms with Gasteiger partial charge in [0.15, 0.2) is 11.5 Å². The summed E-state index contributed by atoms with van der Waals surface area (Å²) in [5.74, 6) is -0.398. The third-order valence-corrected chi connectivity index (χ3v) is 4.25. The lowest BCUT2D eigenvalue weighted by molar-refractivity contribution is -0.130. The highest BCUT2D eigenvalue weighted by Gasteiger charge is 2.21. The number of carbonyl (C=O) groups is 2. The van der Waals surface area contributed by atoms with Crippen molar-refractivity contribution in [3.8, 4) is 17.6 Å². The lowest BCUT2D eigenvalue weighted by Gasteiger charge is -2.26. The van der Waals surface area contributed by atoms with Crippen LogP contribution in [0, 0.1) is 11.3 Å². The molecule has 0 unspecified atom stereocenters. The maximum Gasteiger partial charge on any atom is 0.345 e. The molecule has 8 heteroatoms. The number of methoxy groups -OCH3 is 1. The fraction of sp³-hybridized carbons (Fsp3) is 0.238. The van der Waals surface area contributed by atoms with Crippen LogP contribution in [0.15, 0.2) is 48.3 Å². The zero-order valence-corrected chi connectivity index (χ0v) is 15.8. The van der Waals surface area contributed by atoms with E-state index in [2.05, 4.69) is 4.98 Å². The molecule has 8 nitrogen and oxygen atoms in total. The Labute approximate surface area is 167 Å². The molecule has 1 aliphatic heterocycles. The first-order valence-electron chi connectivity index (χ1n) is 8.91. The van der Waals surface area contributed by atoms with Gasteiger partial charge in [-0.1, -0.05) is 6.07 Å². The summed E-state index contributed by atoms with van der Waals surface area (Å²) >= 11 is 0. The summed E-state index contributed by atoms with van der Waals surface area (Å²) in [5, 5.41) is 9.41. The molecule has 1 aliphatic rings. The number of amides is 1. The Hall–Kier alpha value is -3.70. The Bertz CT molecular complexity index is 960. The van der Waals surface area contributed by atoms with Crippen LogP contribution < -0.4 is 9.47 Å². The molecular formula is C21H19N3O5. The van der Waals surface area contributed by atoms with Gasteiger partial charge >= 0.3 is 5.97 Å². The van der Waals surface area contributed by atoms with Crippen LogP contribution in [0.3, 0.4) is 0 Å². The van der Waals surface area contributed by atoms with E-state index in [0.29, 0.717) is 43.2 Å². The van der Waals surface area contributed by atoms with E-state index in [9.17, 15) is 14.9 Å². The van der Waals surface area contributed by atoms with Gasteiger partial charge in [0, 0.05) is 25.5 Å². The lowest BCUT2D eigenvalue weighted by Crippen LogP contribution is -2.41. The van der Waals surface area contributed by atoms with E-state index in [0.717, 1.165) is 0 Å². The van der Waals surface area contributed by atoms with Crippen molar-refractivity contribution in [3.05, 3.63) is 59.4 Å². The number of benzene rings is 1. The van der Waals surface area contributed by atoms with E-state index in [1.165, 1.54) is 19.4 Å². The molecule has 2 aromatic rings. The Morgan fingerprint density at radius 2 is 2.03 bits per heavy atom. The molecule has 0 N–H and O–H groups in total. The number of rotatable bonds is 5. The van der Waals surface area contributed by atoms with Gasteiger partial charge in [0.25, 0.3) is 5.91 Å². The van der Waals surface area contributed by atoms with Crippen LogP contribution in [0.5, 0.6) is 11.5 Å². The van der Waals surface area contributed by atoms with E-state index in [1.807, 2.05) is 6.07 Å². The van der Waals surface area contributed by atoms with Crippen LogP contribution in [0.4, 0.5) is 0 Å². The summed E-state index contributed by atoms with van der Waals surface area (Å²) in [6.07, 6.45) is 4.44. The topological polar surface area (TPSA) is 102 Å². The molecule has 1 saturated heterocycles. The Morgan fingerprint density at radius 3 is 2.69 bits per heavy atom. The van der Waals surface area contributed by atoms with Crippen molar-refractivity contribution >= 4 is 18.0 Å². The minimum Gasteiger partial charge on any atom is -0.493 e. The SMILES string of the molecule is COc1cc(/C=C(\C#N)C(=O)N2CCOCC2)ccc1OC(=O)c1cccnc1. The van der Waals surface area contributed by atoms with Crippen LogP contribution in [-0.4, -0.2) is 55.2 Å². The lowest BCUT2D eigenvalue weighted by atomic mass is 10.1. The van der Waals surface area contributed by atoms with E-state index in [-0.39, 0.29) is 17.2 Å². The van der Waals surface area contributed by atoms with Gasteiger partial charge < -0.3 is 19.1 Å². The van der Waals surface area contributed by atoms with Crippen LogP contribution >= 0.6 is 0 Å². The van der Waals surface area contributed by atoms with Crippen molar-refractivity contribution in [3.63, 3.8) is 0 Å². The number of morpholine rings is 1. The van der Waals surface area contributed by atoms with Gasteiger partial charge in [0.2, 0.25) is 0 Å². The molecule has 1 aromatic carbocycles. The van der Waals surface area contributed by atoms with Crippen molar-refractivity contribution in [2.75, 3.05) is 33.4 Å². The minimum atomic E-state index is -0.570. The summed E-state index contributed by atoms with van der Waals surface area (Å²) < 4.78 is 15.9. The van der Waals surface area contributed by atoms with E-state index in [1.54, 1.807) is 41.4 Å². The first-order valence-corrected chi connectivity index (χ1v) is 8.91. The molecule has 1 fully saturated rings. The zero-order chi connectivity index (χ0) is 20.6. The summed E-state index contributed by atoms with van der Waals surface area (Å²) in [7, 11) is 1.44. The number of carbonyl (C=O) groups excluding carboxylic acids is 2. The van der Waals surface area contributed by atoms with Crippen molar-refractivity contribution < 1.29 is 23.8 Å². The molecule has 148 valence electrons. The van der Waals surface area contributed by atoms with Crippen molar-refractivity contribution in [2.45, 2.75) is 0 Å². The standard InChI is InChI=1S/C21H19N3O5/c1-27-19-12-15(11-17(13-22)20(25)24-7-9-28-10-8-24)4-5-18(19)29-21(26)16-3-2-6-23-14-16/h2-6,11-12,14H,7-10H2,1H3/b17-11+. The van der Waals surface area contributed by atoms with Gasteiger partial charge in [-0.2, -0.15) is 5.26 Å². The molecule has 0 spiro atoms. The van der Waals surface area contributed by atoms with E-state index < -0.39 is 5.97 Å². The van der Waals surface area contributed by atoms with Gasteiger partial charge in [-0.3, -0.25) is 9.78 Å². The molecule has 1 amide bonds. The third-order valence-electron chi connectivity index (χ3n) is 4.25. The molecule has 0 radical (unpaired) electrons. The number of aromatic nitrogens is 1. The molecule has 3 rings (SSSR count). The van der Waals surface area contributed by atoms with Crippen molar-refractivity contribution in [1.29, 1.82) is 5.26 Å². The normalized spacial score (nSPS) is 14.1. The van der Waals surface area contributed by atoms with Gasteiger partial charge in [0.1, 0.15) is 11.6 Å².